The Labute approximate surface area is 235 Å². The smallest absolute Gasteiger partial charge is 0.338 e. The molecule has 0 N–H and O–H groups in total. The van der Waals surface area contributed by atoms with E-state index < -0.39 is 12.0 Å². The molecule has 0 bridgehead atoms. The Morgan fingerprint density at radius 3 is 2.59 bits per heavy atom. The number of ether oxygens (including phenoxy) is 1. The SMILES string of the molecule is CCOC(=O)C1=C(C)N=c2s/c(=C\c3ccc(-c4cc(Cl)ccc4C)o3)c(=O)n2[C@@H]1c1ccc(C(C)C)cc1. The number of aryl methyl sites for hydroxylation is 1. The highest BCUT2D eigenvalue weighted by Gasteiger charge is 2.33. The van der Waals surface area contributed by atoms with Crippen LogP contribution in [0, 0.1) is 6.92 Å². The van der Waals surface area contributed by atoms with Gasteiger partial charge in [0.15, 0.2) is 4.80 Å². The van der Waals surface area contributed by atoms with Gasteiger partial charge in [-0.2, -0.15) is 0 Å². The molecule has 8 heteroatoms. The van der Waals surface area contributed by atoms with Gasteiger partial charge in [-0.3, -0.25) is 9.36 Å². The van der Waals surface area contributed by atoms with Crippen LogP contribution in [0.5, 0.6) is 0 Å². The highest BCUT2D eigenvalue weighted by Crippen LogP contribution is 2.32. The molecule has 3 heterocycles. The van der Waals surface area contributed by atoms with E-state index in [1.165, 1.54) is 16.9 Å². The van der Waals surface area contributed by atoms with Crippen LogP contribution in [0.1, 0.15) is 62.1 Å². The van der Waals surface area contributed by atoms with E-state index in [0.29, 0.717) is 43.1 Å². The van der Waals surface area contributed by atoms with E-state index in [4.69, 9.17) is 20.8 Å². The first kappa shape index (κ1) is 26.9. The van der Waals surface area contributed by atoms with Crippen LogP contribution in [-0.2, 0) is 9.53 Å². The molecule has 2 aromatic carbocycles. The first-order chi connectivity index (χ1) is 18.7. The molecule has 1 aliphatic heterocycles. The summed E-state index contributed by atoms with van der Waals surface area (Å²) < 4.78 is 13.5. The first-order valence-electron chi connectivity index (χ1n) is 12.8. The third-order valence-electron chi connectivity index (χ3n) is 6.80. The second kappa shape index (κ2) is 10.8. The van der Waals surface area contributed by atoms with Crippen molar-refractivity contribution in [3.63, 3.8) is 0 Å². The molecule has 0 unspecified atom stereocenters. The van der Waals surface area contributed by atoms with Gasteiger partial charge in [-0.05, 0) is 67.6 Å². The summed E-state index contributed by atoms with van der Waals surface area (Å²) in [6.45, 7) is 10.0. The maximum absolute atomic E-state index is 13.8. The number of rotatable bonds is 6. The van der Waals surface area contributed by atoms with E-state index in [9.17, 15) is 9.59 Å². The van der Waals surface area contributed by atoms with Crippen molar-refractivity contribution in [3.8, 4) is 11.3 Å². The van der Waals surface area contributed by atoms with Gasteiger partial charge < -0.3 is 9.15 Å². The minimum Gasteiger partial charge on any atom is -0.463 e. The molecule has 1 aliphatic rings. The predicted molar refractivity (Wildman–Crippen MR) is 155 cm³/mol. The van der Waals surface area contributed by atoms with Gasteiger partial charge in [0.1, 0.15) is 11.5 Å². The summed E-state index contributed by atoms with van der Waals surface area (Å²) in [6, 6.07) is 16.7. The summed E-state index contributed by atoms with van der Waals surface area (Å²) in [5.41, 5.74) is 4.58. The van der Waals surface area contributed by atoms with Crippen LogP contribution in [0.4, 0.5) is 0 Å². The Bertz CT molecular complexity index is 1770. The quantitative estimate of drug-likeness (QED) is 0.265. The molecule has 200 valence electrons. The maximum Gasteiger partial charge on any atom is 0.338 e. The van der Waals surface area contributed by atoms with E-state index in [2.05, 4.69) is 18.8 Å². The molecule has 0 saturated heterocycles. The minimum atomic E-state index is -0.648. The minimum absolute atomic E-state index is 0.228. The second-order valence-electron chi connectivity index (χ2n) is 9.78. The molecule has 39 heavy (non-hydrogen) atoms. The molecule has 0 saturated carbocycles. The molecule has 0 aliphatic carbocycles. The number of fused-ring (bicyclic) bond motifs is 1. The lowest BCUT2D eigenvalue weighted by Crippen LogP contribution is -2.39. The van der Waals surface area contributed by atoms with Crippen LogP contribution >= 0.6 is 22.9 Å². The van der Waals surface area contributed by atoms with Crippen LogP contribution in [-0.4, -0.2) is 17.1 Å². The lowest BCUT2D eigenvalue weighted by molar-refractivity contribution is -0.139. The number of aromatic nitrogens is 1. The number of furan rings is 1. The summed E-state index contributed by atoms with van der Waals surface area (Å²) >= 11 is 7.46. The Morgan fingerprint density at radius 1 is 1.15 bits per heavy atom. The van der Waals surface area contributed by atoms with Crippen molar-refractivity contribution in [2.75, 3.05) is 6.61 Å². The molecule has 0 spiro atoms. The van der Waals surface area contributed by atoms with Crippen molar-refractivity contribution in [1.82, 2.24) is 4.57 Å². The number of allylic oxidation sites excluding steroid dienone is 1. The van der Waals surface area contributed by atoms with Gasteiger partial charge in [-0.1, -0.05) is 67.1 Å². The van der Waals surface area contributed by atoms with Crippen molar-refractivity contribution in [2.45, 2.75) is 46.6 Å². The Balaban J connectivity index is 1.63. The van der Waals surface area contributed by atoms with E-state index in [-0.39, 0.29) is 12.2 Å². The predicted octanol–water partition coefficient (Wildman–Crippen LogP) is 6.14. The monoisotopic (exact) mass is 560 g/mol. The molecule has 5 rings (SSSR count). The van der Waals surface area contributed by atoms with Crippen LogP contribution in [0.25, 0.3) is 17.4 Å². The van der Waals surface area contributed by atoms with Gasteiger partial charge >= 0.3 is 5.97 Å². The number of halogens is 1. The number of esters is 1. The average Bonchev–Trinajstić information content (AvgIpc) is 3.49. The topological polar surface area (TPSA) is 73.8 Å². The van der Waals surface area contributed by atoms with Crippen molar-refractivity contribution < 1.29 is 13.9 Å². The summed E-state index contributed by atoms with van der Waals surface area (Å²) in [7, 11) is 0. The Morgan fingerprint density at radius 2 is 1.90 bits per heavy atom. The molecule has 6 nitrogen and oxygen atoms in total. The van der Waals surface area contributed by atoms with Gasteiger partial charge in [0.25, 0.3) is 5.56 Å². The van der Waals surface area contributed by atoms with Crippen molar-refractivity contribution >= 4 is 35.0 Å². The lowest BCUT2D eigenvalue weighted by atomic mass is 9.93. The fraction of sp³-hybridized carbons (Fsp3) is 0.258. The zero-order valence-electron chi connectivity index (χ0n) is 22.4. The number of carbonyl (C=O) groups is 1. The van der Waals surface area contributed by atoms with Gasteiger partial charge in [-0.15, -0.1) is 0 Å². The van der Waals surface area contributed by atoms with Crippen molar-refractivity contribution in [2.24, 2.45) is 4.99 Å². The molecule has 0 amide bonds. The summed E-state index contributed by atoms with van der Waals surface area (Å²) in [4.78, 5) is 32.1. The largest absolute Gasteiger partial charge is 0.463 e. The third-order valence-corrected chi connectivity index (χ3v) is 8.02. The van der Waals surface area contributed by atoms with Crippen LogP contribution in [0.2, 0.25) is 5.02 Å². The fourth-order valence-corrected chi connectivity index (χ4v) is 5.93. The van der Waals surface area contributed by atoms with E-state index in [0.717, 1.165) is 16.7 Å². The first-order valence-corrected chi connectivity index (χ1v) is 14.0. The molecule has 4 aromatic rings. The van der Waals surface area contributed by atoms with Crippen LogP contribution in [0.15, 0.2) is 80.1 Å². The van der Waals surface area contributed by atoms with Gasteiger partial charge in [0, 0.05) is 16.7 Å². The average molecular weight is 561 g/mol. The van der Waals surface area contributed by atoms with Crippen molar-refractivity contribution in [1.29, 1.82) is 0 Å². The zero-order valence-corrected chi connectivity index (χ0v) is 24.0. The van der Waals surface area contributed by atoms with Gasteiger partial charge in [0.2, 0.25) is 0 Å². The zero-order chi connectivity index (χ0) is 27.8. The second-order valence-corrected chi connectivity index (χ2v) is 11.2. The molecule has 1 atom stereocenters. The highest BCUT2D eigenvalue weighted by atomic mass is 35.5. The summed E-state index contributed by atoms with van der Waals surface area (Å²) in [5, 5.41) is 0.621. The van der Waals surface area contributed by atoms with E-state index in [1.807, 2.05) is 61.5 Å². The standard InChI is InChI=1S/C31H29ClN2O4S/c1-6-37-30(36)27-19(5)33-31-34(28(27)21-10-8-20(9-11-21)17(2)3)29(35)26(39-31)16-23-13-14-25(38-23)24-15-22(32)12-7-18(24)4/h7-17,28H,6H2,1-5H3/b26-16-/t28-/m1/s1. The number of carbonyl (C=O) groups excluding carboxylic acids is 1. The van der Waals surface area contributed by atoms with E-state index in [1.54, 1.807) is 24.5 Å². The number of hydrogen-bond donors (Lipinski definition) is 0. The fourth-order valence-electron chi connectivity index (χ4n) is 4.73. The maximum atomic E-state index is 13.8. The molecular weight excluding hydrogens is 532 g/mol. The van der Waals surface area contributed by atoms with Crippen molar-refractivity contribution in [3.05, 3.63) is 113 Å². The Hall–Kier alpha value is -3.68. The lowest BCUT2D eigenvalue weighted by Gasteiger charge is -2.25. The van der Waals surface area contributed by atoms with Gasteiger partial charge in [0.05, 0.1) is 28.5 Å². The number of nitrogens with zero attached hydrogens (tertiary/aromatic N) is 2. The number of thiazole rings is 1. The number of hydrogen-bond acceptors (Lipinski definition) is 6. The third kappa shape index (κ3) is 5.16. The molecular formula is C31H29ClN2O4S. The summed E-state index contributed by atoms with van der Waals surface area (Å²) in [5.74, 6) is 1.08. The van der Waals surface area contributed by atoms with E-state index >= 15 is 0 Å². The number of benzene rings is 2. The molecule has 2 aromatic heterocycles. The van der Waals surface area contributed by atoms with Crippen LogP contribution in [0.3, 0.4) is 0 Å². The van der Waals surface area contributed by atoms with Crippen LogP contribution < -0.4 is 14.9 Å². The molecule has 0 radical (unpaired) electrons. The Kier molecular flexibility index (Phi) is 7.47. The molecule has 0 fully saturated rings. The van der Waals surface area contributed by atoms with Gasteiger partial charge in [-0.25, -0.2) is 9.79 Å². The highest BCUT2D eigenvalue weighted by molar-refractivity contribution is 7.07. The normalized spacial score (nSPS) is 15.5. The summed E-state index contributed by atoms with van der Waals surface area (Å²) in [6.07, 6.45) is 1.72.